The molecule has 3 N–H and O–H groups in total. The number of hydrogen-bond acceptors (Lipinski definition) is 6. The number of methoxy groups -OCH3 is 1. The second-order valence-corrected chi connectivity index (χ2v) is 6.59. The minimum absolute atomic E-state index is 0.00700. The summed E-state index contributed by atoms with van der Waals surface area (Å²) < 4.78 is 6.20. The Hall–Kier alpha value is -3.57. The average molecular weight is 380 g/mol. The van der Waals surface area contributed by atoms with Crippen molar-refractivity contribution in [3.63, 3.8) is 0 Å². The van der Waals surface area contributed by atoms with Crippen molar-refractivity contribution in [3.8, 4) is 11.8 Å². The third kappa shape index (κ3) is 3.54. The molecule has 136 valence electrons. The van der Waals surface area contributed by atoms with Gasteiger partial charge in [0.15, 0.2) is 5.69 Å². The first-order valence-electron chi connectivity index (χ1n) is 7.96. The minimum Gasteiger partial charge on any atom is -0.464 e. The number of nitriles is 1. The highest BCUT2D eigenvalue weighted by Crippen LogP contribution is 2.26. The standard InChI is InChI=1S/C19H16N4O3S/c1-26-19(25)17-16(21)12(9-20)11-23(17)15-7-3-2-6-14(15)18(24)22-10-13-5-4-8-27-13/h2-8,11H,10,21H2,1H3,(H,22,24). The van der Waals surface area contributed by atoms with E-state index in [4.69, 9.17) is 10.5 Å². The van der Waals surface area contributed by atoms with E-state index in [0.717, 1.165) is 4.88 Å². The number of thiophene rings is 1. The third-order valence-electron chi connectivity index (χ3n) is 3.96. The first kappa shape index (κ1) is 18.2. The number of esters is 1. The number of ether oxygens (including phenoxy) is 1. The van der Waals surface area contributed by atoms with Gasteiger partial charge in [-0.15, -0.1) is 11.3 Å². The van der Waals surface area contributed by atoms with Crippen LogP contribution in [-0.2, 0) is 11.3 Å². The summed E-state index contributed by atoms with van der Waals surface area (Å²) in [5.74, 6) is -0.997. The van der Waals surface area contributed by atoms with Crippen LogP contribution in [0.5, 0.6) is 0 Å². The predicted octanol–water partition coefficient (Wildman–Crippen LogP) is 2.71. The van der Waals surface area contributed by atoms with E-state index in [-0.39, 0.29) is 22.9 Å². The van der Waals surface area contributed by atoms with Crippen molar-refractivity contribution in [3.05, 3.63) is 69.7 Å². The van der Waals surface area contributed by atoms with Crippen molar-refractivity contribution in [2.24, 2.45) is 0 Å². The Morgan fingerprint density at radius 2 is 2.07 bits per heavy atom. The fourth-order valence-electron chi connectivity index (χ4n) is 2.66. The van der Waals surface area contributed by atoms with E-state index in [1.807, 2.05) is 23.6 Å². The number of carbonyl (C=O) groups is 2. The minimum atomic E-state index is -0.692. The summed E-state index contributed by atoms with van der Waals surface area (Å²) in [6.07, 6.45) is 1.42. The molecule has 3 aromatic rings. The maximum atomic E-state index is 12.7. The Bertz CT molecular complexity index is 1030. The van der Waals surface area contributed by atoms with Crippen molar-refractivity contribution >= 4 is 28.9 Å². The summed E-state index contributed by atoms with van der Waals surface area (Å²) in [7, 11) is 1.23. The van der Waals surface area contributed by atoms with Crippen LogP contribution in [0, 0.1) is 11.3 Å². The summed E-state index contributed by atoms with van der Waals surface area (Å²) in [6, 6.07) is 12.6. The molecule has 8 heteroatoms. The summed E-state index contributed by atoms with van der Waals surface area (Å²) in [5.41, 5.74) is 6.85. The van der Waals surface area contributed by atoms with E-state index >= 15 is 0 Å². The van der Waals surface area contributed by atoms with Crippen LogP contribution in [-0.4, -0.2) is 23.6 Å². The summed E-state index contributed by atoms with van der Waals surface area (Å²) >= 11 is 1.54. The number of aromatic nitrogens is 1. The fraction of sp³-hybridized carbons (Fsp3) is 0.105. The molecule has 7 nitrogen and oxygen atoms in total. The molecule has 0 saturated carbocycles. The van der Waals surface area contributed by atoms with Gasteiger partial charge in [-0.3, -0.25) is 4.79 Å². The SMILES string of the molecule is COC(=O)c1c(N)c(C#N)cn1-c1ccccc1C(=O)NCc1cccs1. The van der Waals surface area contributed by atoms with Gasteiger partial charge in [-0.05, 0) is 23.6 Å². The Balaban J connectivity index is 2.02. The number of nitrogens with zero attached hydrogens (tertiary/aromatic N) is 2. The Labute approximate surface area is 159 Å². The van der Waals surface area contributed by atoms with Crippen molar-refractivity contribution in [1.82, 2.24) is 9.88 Å². The fourth-order valence-corrected chi connectivity index (χ4v) is 3.30. The van der Waals surface area contributed by atoms with E-state index in [1.165, 1.54) is 17.9 Å². The van der Waals surface area contributed by atoms with Gasteiger partial charge in [-0.2, -0.15) is 5.26 Å². The topological polar surface area (TPSA) is 110 Å². The maximum absolute atomic E-state index is 12.7. The highest BCUT2D eigenvalue weighted by Gasteiger charge is 2.24. The molecule has 0 radical (unpaired) electrons. The normalized spacial score (nSPS) is 10.2. The molecule has 0 fully saturated rings. The molecule has 0 aliphatic carbocycles. The molecule has 0 spiro atoms. The van der Waals surface area contributed by atoms with Gasteiger partial charge in [-0.25, -0.2) is 4.79 Å². The number of anilines is 1. The van der Waals surface area contributed by atoms with E-state index in [1.54, 1.807) is 35.6 Å². The van der Waals surface area contributed by atoms with Crippen molar-refractivity contribution in [2.75, 3.05) is 12.8 Å². The lowest BCUT2D eigenvalue weighted by molar-refractivity contribution is 0.0592. The Morgan fingerprint density at radius 1 is 1.30 bits per heavy atom. The van der Waals surface area contributed by atoms with E-state index in [2.05, 4.69) is 5.32 Å². The van der Waals surface area contributed by atoms with Crippen LogP contribution < -0.4 is 11.1 Å². The molecule has 0 bridgehead atoms. The van der Waals surface area contributed by atoms with Crippen LogP contribution >= 0.6 is 11.3 Å². The van der Waals surface area contributed by atoms with Crippen LogP contribution in [0.4, 0.5) is 5.69 Å². The monoisotopic (exact) mass is 380 g/mol. The summed E-state index contributed by atoms with van der Waals surface area (Å²) in [4.78, 5) is 25.9. The molecule has 1 aromatic carbocycles. The second-order valence-electron chi connectivity index (χ2n) is 5.56. The molecular weight excluding hydrogens is 364 g/mol. The molecule has 1 amide bonds. The largest absolute Gasteiger partial charge is 0.464 e. The first-order chi connectivity index (χ1) is 13.1. The van der Waals surface area contributed by atoms with Gasteiger partial charge in [0.25, 0.3) is 5.91 Å². The highest BCUT2D eigenvalue weighted by molar-refractivity contribution is 7.09. The quantitative estimate of drug-likeness (QED) is 0.661. The number of nitrogens with one attached hydrogen (secondary N) is 1. The summed E-state index contributed by atoms with van der Waals surface area (Å²) in [5, 5.41) is 14.0. The summed E-state index contributed by atoms with van der Waals surface area (Å²) in [6.45, 7) is 0.395. The van der Waals surface area contributed by atoms with Gasteiger partial charge in [0.05, 0.1) is 36.2 Å². The van der Waals surface area contributed by atoms with E-state index < -0.39 is 5.97 Å². The van der Waals surface area contributed by atoms with Crippen molar-refractivity contribution in [1.29, 1.82) is 5.26 Å². The molecule has 2 aromatic heterocycles. The van der Waals surface area contributed by atoms with Gasteiger partial charge in [0.1, 0.15) is 6.07 Å². The van der Waals surface area contributed by atoms with Crippen LogP contribution in [0.3, 0.4) is 0 Å². The molecule has 0 atom stereocenters. The molecule has 0 unspecified atom stereocenters. The number of nitrogen functional groups attached to an aromatic ring is 1. The number of benzene rings is 1. The number of amides is 1. The molecular formula is C19H16N4O3S. The van der Waals surface area contributed by atoms with Gasteiger partial charge in [-0.1, -0.05) is 18.2 Å². The zero-order valence-corrected chi connectivity index (χ0v) is 15.2. The zero-order chi connectivity index (χ0) is 19.4. The van der Waals surface area contributed by atoms with E-state index in [9.17, 15) is 14.9 Å². The van der Waals surface area contributed by atoms with Gasteiger partial charge < -0.3 is 20.4 Å². The van der Waals surface area contributed by atoms with Crippen LogP contribution in [0.15, 0.2) is 48.0 Å². The Morgan fingerprint density at radius 3 is 2.74 bits per heavy atom. The van der Waals surface area contributed by atoms with Crippen LogP contribution in [0.25, 0.3) is 5.69 Å². The number of para-hydroxylation sites is 1. The number of carbonyl (C=O) groups excluding carboxylic acids is 2. The van der Waals surface area contributed by atoms with Gasteiger partial charge in [0.2, 0.25) is 0 Å². The van der Waals surface area contributed by atoms with E-state index in [0.29, 0.717) is 17.8 Å². The molecule has 3 rings (SSSR count). The van der Waals surface area contributed by atoms with Crippen molar-refractivity contribution in [2.45, 2.75) is 6.54 Å². The highest BCUT2D eigenvalue weighted by atomic mass is 32.1. The Kier molecular flexibility index (Phi) is 5.24. The van der Waals surface area contributed by atoms with Crippen LogP contribution in [0.2, 0.25) is 0 Å². The molecule has 0 saturated heterocycles. The second kappa shape index (κ2) is 7.76. The molecule has 0 aliphatic heterocycles. The molecule has 0 aliphatic rings. The number of hydrogen-bond donors (Lipinski definition) is 2. The van der Waals surface area contributed by atoms with Gasteiger partial charge >= 0.3 is 5.97 Å². The first-order valence-corrected chi connectivity index (χ1v) is 8.84. The lowest BCUT2D eigenvalue weighted by Crippen LogP contribution is -2.24. The predicted molar refractivity (Wildman–Crippen MR) is 102 cm³/mol. The molecule has 27 heavy (non-hydrogen) atoms. The number of nitrogens with two attached hydrogens (primary N) is 1. The maximum Gasteiger partial charge on any atom is 0.357 e. The average Bonchev–Trinajstić information content (AvgIpc) is 3.33. The lowest BCUT2D eigenvalue weighted by Gasteiger charge is -2.13. The third-order valence-corrected chi connectivity index (χ3v) is 4.83. The zero-order valence-electron chi connectivity index (χ0n) is 14.4. The number of rotatable bonds is 5. The van der Waals surface area contributed by atoms with Crippen molar-refractivity contribution < 1.29 is 14.3 Å². The smallest absolute Gasteiger partial charge is 0.357 e. The molecule has 2 heterocycles. The van der Waals surface area contributed by atoms with Gasteiger partial charge in [0, 0.05) is 11.1 Å². The lowest BCUT2D eigenvalue weighted by atomic mass is 10.1. The van der Waals surface area contributed by atoms with Crippen LogP contribution in [0.1, 0.15) is 31.3 Å².